The van der Waals surface area contributed by atoms with E-state index in [1.165, 1.54) is 6.92 Å². The Labute approximate surface area is 83.2 Å². The fourth-order valence-corrected chi connectivity index (χ4v) is 1.99. The van der Waals surface area contributed by atoms with Gasteiger partial charge in [-0.2, -0.15) is 8.42 Å². The van der Waals surface area contributed by atoms with E-state index < -0.39 is 26.9 Å². The number of hydrogen-bond donors (Lipinski definition) is 2. The average Bonchev–Trinajstić information content (AvgIpc) is 2.12. The summed E-state index contributed by atoms with van der Waals surface area (Å²) >= 11 is 0. The van der Waals surface area contributed by atoms with Gasteiger partial charge in [-0.25, -0.2) is 4.79 Å². The highest BCUT2D eigenvalue weighted by atomic mass is 32.2. The lowest BCUT2D eigenvalue weighted by molar-refractivity contribution is -0.145. The predicted molar refractivity (Wildman–Crippen MR) is 49.9 cm³/mol. The van der Waals surface area contributed by atoms with Gasteiger partial charge in [0.15, 0.2) is 0 Å². The molecule has 2 unspecified atom stereocenters. The average molecular weight is 225 g/mol. The number of carbonyl (C=O) groups excluding carboxylic acids is 1. The summed E-state index contributed by atoms with van der Waals surface area (Å²) < 4.78 is 35.1. The number of nitrogens with two attached hydrogens (primary N) is 1. The molecule has 0 saturated heterocycles. The lowest BCUT2D eigenvalue weighted by atomic mass is 9.99. The van der Waals surface area contributed by atoms with E-state index in [0.717, 1.165) is 7.11 Å². The molecule has 0 spiro atoms. The van der Waals surface area contributed by atoms with Crippen LogP contribution in [-0.4, -0.2) is 30.9 Å². The maximum Gasteiger partial charge on any atom is 0.344 e. The van der Waals surface area contributed by atoms with E-state index in [4.69, 9.17) is 10.3 Å². The van der Waals surface area contributed by atoms with Gasteiger partial charge in [-0.15, -0.1) is 0 Å². The highest BCUT2D eigenvalue weighted by molar-refractivity contribution is 7.88. The molecule has 0 aromatic heterocycles. The number of rotatable bonds is 4. The number of methoxy groups -OCH3 is 1. The van der Waals surface area contributed by atoms with Crippen LogP contribution in [0.1, 0.15) is 20.3 Å². The topological polar surface area (TPSA) is 107 Å². The van der Waals surface area contributed by atoms with E-state index in [2.05, 4.69) is 4.74 Å². The summed E-state index contributed by atoms with van der Waals surface area (Å²) in [6.07, 6.45) is 0.325. The van der Waals surface area contributed by atoms with Gasteiger partial charge in [0.1, 0.15) is 0 Å². The van der Waals surface area contributed by atoms with Crippen LogP contribution in [0, 0.1) is 5.92 Å². The Hall–Kier alpha value is -0.660. The minimum Gasteiger partial charge on any atom is -0.467 e. The molecular weight excluding hydrogens is 210 g/mol. The molecule has 0 bridgehead atoms. The SMILES string of the molecule is CCC(C)C(N)(C(=O)OC)S(=O)(=O)O. The molecule has 7 heteroatoms. The first kappa shape index (κ1) is 13.3. The number of carbonyl (C=O) groups is 1. The first-order chi connectivity index (χ1) is 6.21. The van der Waals surface area contributed by atoms with Crippen LogP contribution in [0.3, 0.4) is 0 Å². The summed E-state index contributed by atoms with van der Waals surface area (Å²) in [7, 11) is -3.67. The van der Waals surface area contributed by atoms with Crippen LogP contribution in [-0.2, 0) is 19.6 Å². The van der Waals surface area contributed by atoms with Crippen LogP contribution >= 0.6 is 0 Å². The molecule has 0 fully saturated rings. The third kappa shape index (κ3) is 2.05. The summed E-state index contributed by atoms with van der Waals surface area (Å²) in [5, 5.41) is 0. The summed E-state index contributed by atoms with van der Waals surface area (Å²) in [6, 6.07) is 0. The van der Waals surface area contributed by atoms with Gasteiger partial charge in [0, 0.05) is 5.92 Å². The van der Waals surface area contributed by atoms with E-state index in [0.29, 0.717) is 6.42 Å². The predicted octanol–water partition coefficient (Wildman–Crippen LogP) is -0.252. The largest absolute Gasteiger partial charge is 0.467 e. The van der Waals surface area contributed by atoms with Crippen molar-refractivity contribution in [3.05, 3.63) is 0 Å². The molecule has 0 aliphatic heterocycles. The molecule has 0 radical (unpaired) electrons. The quantitative estimate of drug-likeness (QED) is 0.504. The first-order valence-corrected chi connectivity index (χ1v) is 5.50. The van der Waals surface area contributed by atoms with E-state index in [1.54, 1.807) is 6.92 Å². The smallest absolute Gasteiger partial charge is 0.344 e. The third-order valence-electron chi connectivity index (χ3n) is 2.28. The molecule has 0 amide bonds. The Balaban J connectivity index is 5.39. The van der Waals surface area contributed by atoms with Crippen LogP contribution in [0.25, 0.3) is 0 Å². The maximum atomic E-state index is 11.2. The van der Waals surface area contributed by atoms with Gasteiger partial charge in [0.05, 0.1) is 7.11 Å². The fraction of sp³-hybridized carbons (Fsp3) is 0.857. The molecule has 0 heterocycles. The van der Waals surface area contributed by atoms with Gasteiger partial charge in [-0.1, -0.05) is 20.3 Å². The molecule has 0 aromatic carbocycles. The van der Waals surface area contributed by atoms with Crippen LogP contribution in [0.4, 0.5) is 0 Å². The molecule has 0 aliphatic carbocycles. The van der Waals surface area contributed by atoms with E-state index in [1.807, 2.05) is 0 Å². The summed E-state index contributed by atoms with van der Waals surface area (Å²) in [5.41, 5.74) is 5.37. The highest BCUT2D eigenvalue weighted by Crippen LogP contribution is 2.24. The van der Waals surface area contributed by atoms with Crippen molar-refractivity contribution >= 4 is 16.1 Å². The molecular formula is C7H15NO5S. The molecule has 3 N–H and O–H groups in total. The lowest BCUT2D eigenvalue weighted by Gasteiger charge is -2.28. The molecule has 0 aromatic rings. The standard InChI is InChI=1S/C7H15NO5S/c1-4-5(2)7(8,6(9)13-3)14(10,11)12/h5H,4,8H2,1-3H3,(H,10,11,12). The van der Waals surface area contributed by atoms with Crippen LogP contribution < -0.4 is 5.73 Å². The van der Waals surface area contributed by atoms with Crippen molar-refractivity contribution < 1.29 is 22.5 Å². The molecule has 0 saturated carbocycles. The second-order valence-corrected chi connectivity index (χ2v) is 4.69. The number of esters is 1. The molecule has 6 nitrogen and oxygen atoms in total. The zero-order chi connectivity index (χ0) is 11.6. The van der Waals surface area contributed by atoms with Gasteiger partial charge >= 0.3 is 5.97 Å². The summed E-state index contributed by atoms with van der Waals surface area (Å²) in [6.45, 7) is 3.10. The Bertz CT molecular complexity index is 312. The van der Waals surface area contributed by atoms with Gasteiger partial charge in [-0.3, -0.25) is 4.55 Å². The second kappa shape index (κ2) is 4.24. The van der Waals surface area contributed by atoms with Crippen molar-refractivity contribution in [1.29, 1.82) is 0 Å². The second-order valence-electron chi connectivity index (χ2n) is 3.07. The molecule has 84 valence electrons. The minimum absolute atomic E-state index is 0.325. The van der Waals surface area contributed by atoms with E-state index in [9.17, 15) is 13.2 Å². The van der Waals surface area contributed by atoms with Gasteiger partial charge in [-0.05, 0) is 0 Å². The van der Waals surface area contributed by atoms with Crippen molar-refractivity contribution in [3.63, 3.8) is 0 Å². The maximum absolute atomic E-state index is 11.2. The van der Waals surface area contributed by atoms with Crippen LogP contribution in [0.5, 0.6) is 0 Å². The van der Waals surface area contributed by atoms with Crippen LogP contribution in [0.2, 0.25) is 0 Å². The Morgan fingerprint density at radius 2 is 2.07 bits per heavy atom. The number of hydrogen-bond acceptors (Lipinski definition) is 5. The van der Waals surface area contributed by atoms with Gasteiger partial charge < -0.3 is 10.5 Å². The van der Waals surface area contributed by atoms with Crippen molar-refractivity contribution in [3.8, 4) is 0 Å². The summed E-state index contributed by atoms with van der Waals surface area (Å²) in [5.74, 6) is -1.89. The Morgan fingerprint density at radius 1 is 1.64 bits per heavy atom. The van der Waals surface area contributed by atoms with E-state index in [-0.39, 0.29) is 0 Å². The number of ether oxygens (including phenoxy) is 1. The Kier molecular flexibility index (Phi) is 4.04. The normalized spacial score (nSPS) is 18.4. The zero-order valence-corrected chi connectivity index (χ0v) is 9.17. The van der Waals surface area contributed by atoms with Gasteiger partial charge in [0.25, 0.3) is 10.1 Å². The molecule has 14 heavy (non-hydrogen) atoms. The van der Waals surface area contributed by atoms with Crippen LogP contribution in [0.15, 0.2) is 0 Å². The van der Waals surface area contributed by atoms with Crippen molar-refractivity contribution in [1.82, 2.24) is 0 Å². The minimum atomic E-state index is -4.68. The molecule has 0 aliphatic rings. The van der Waals surface area contributed by atoms with Crippen molar-refractivity contribution in [2.24, 2.45) is 11.7 Å². The summed E-state index contributed by atoms with van der Waals surface area (Å²) in [4.78, 5) is 8.82. The van der Waals surface area contributed by atoms with Crippen molar-refractivity contribution in [2.75, 3.05) is 7.11 Å². The van der Waals surface area contributed by atoms with E-state index >= 15 is 0 Å². The fourth-order valence-electron chi connectivity index (χ4n) is 1.02. The Morgan fingerprint density at radius 3 is 2.29 bits per heavy atom. The lowest BCUT2D eigenvalue weighted by Crippen LogP contribution is -2.59. The highest BCUT2D eigenvalue weighted by Gasteiger charge is 2.51. The monoisotopic (exact) mass is 225 g/mol. The van der Waals surface area contributed by atoms with Crippen molar-refractivity contribution in [2.45, 2.75) is 25.1 Å². The molecule has 2 atom stereocenters. The third-order valence-corrected chi connectivity index (χ3v) is 3.70. The first-order valence-electron chi connectivity index (χ1n) is 4.06. The van der Waals surface area contributed by atoms with Gasteiger partial charge in [0.2, 0.25) is 4.87 Å². The zero-order valence-electron chi connectivity index (χ0n) is 8.35. The molecule has 0 rings (SSSR count).